The lowest BCUT2D eigenvalue weighted by Gasteiger charge is -2.32. The van der Waals surface area contributed by atoms with Crippen LogP contribution in [0.25, 0.3) is 5.69 Å². The second-order valence-electron chi connectivity index (χ2n) is 7.19. The number of nitrogens with zero attached hydrogens (tertiary/aromatic N) is 3. The van der Waals surface area contributed by atoms with E-state index in [0.717, 1.165) is 10.8 Å². The minimum Gasteiger partial charge on any atom is -0.369 e. The summed E-state index contributed by atoms with van der Waals surface area (Å²) in [4.78, 5) is 30.4. The van der Waals surface area contributed by atoms with Crippen molar-refractivity contribution in [1.82, 2.24) is 14.5 Å². The molecule has 0 spiro atoms. The van der Waals surface area contributed by atoms with E-state index >= 15 is 0 Å². The molecule has 1 aromatic carbocycles. The largest absolute Gasteiger partial charge is 0.369 e. The molecule has 0 aliphatic carbocycles. The first kappa shape index (κ1) is 19.5. The molecule has 27 heavy (non-hydrogen) atoms. The molecular formula is C20H26N4O2S. The van der Waals surface area contributed by atoms with Crippen LogP contribution in [-0.2, 0) is 9.59 Å². The van der Waals surface area contributed by atoms with E-state index in [0.29, 0.717) is 25.9 Å². The van der Waals surface area contributed by atoms with Gasteiger partial charge in [-0.15, -0.1) is 0 Å². The average molecular weight is 387 g/mol. The fraction of sp³-hybridized carbons (Fsp3) is 0.450. The van der Waals surface area contributed by atoms with Gasteiger partial charge in [-0.25, -0.2) is 4.98 Å². The minimum absolute atomic E-state index is 0.0814. The number of amides is 2. The molecule has 144 valence electrons. The third kappa shape index (κ3) is 4.53. The summed E-state index contributed by atoms with van der Waals surface area (Å²) in [5.41, 5.74) is 8.81. The highest BCUT2D eigenvalue weighted by Gasteiger charge is 2.29. The summed E-state index contributed by atoms with van der Waals surface area (Å²) in [6.07, 6.45) is 4.98. The van der Waals surface area contributed by atoms with Crippen molar-refractivity contribution in [3.8, 4) is 5.69 Å². The second kappa shape index (κ2) is 8.17. The van der Waals surface area contributed by atoms with Crippen molar-refractivity contribution in [2.24, 2.45) is 11.7 Å². The van der Waals surface area contributed by atoms with Crippen LogP contribution < -0.4 is 5.73 Å². The quantitative estimate of drug-likeness (QED) is 0.801. The number of imidazole rings is 1. The van der Waals surface area contributed by atoms with Crippen molar-refractivity contribution >= 4 is 23.6 Å². The standard InChI is InChI=1S/C20H26N4O2S/c1-13-10-14(2)12-17(11-13)24-9-6-22-20(24)27-15(3)19(26)23-7-4-16(5-8-23)18(21)25/h6,9-12,15-16H,4-5,7-8H2,1-3H3,(H2,21,25). The first-order chi connectivity index (χ1) is 12.8. The number of hydrogen-bond donors (Lipinski definition) is 1. The topological polar surface area (TPSA) is 81.2 Å². The number of piperidine rings is 1. The van der Waals surface area contributed by atoms with E-state index in [9.17, 15) is 9.59 Å². The summed E-state index contributed by atoms with van der Waals surface area (Å²) in [6, 6.07) is 6.36. The number of primary amides is 1. The number of benzene rings is 1. The van der Waals surface area contributed by atoms with Crippen LogP contribution in [0.3, 0.4) is 0 Å². The molecule has 0 radical (unpaired) electrons. The summed E-state index contributed by atoms with van der Waals surface area (Å²) >= 11 is 1.46. The van der Waals surface area contributed by atoms with Gasteiger partial charge >= 0.3 is 0 Å². The Hall–Kier alpha value is -2.28. The molecule has 0 saturated carbocycles. The zero-order valence-electron chi connectivity index (χ0n) is 16.0. The monoisotopic (exact) mass is 386 g/mol. The number of aromatic nitrogens is 2. The van der Waals surface area contributed by atoms with E-state index < -0.39 is 0 Å². The summed E-state index contributed by atoms with van der Waals surface area (Å²) in [5.74, 6) is -0.293. The number of carbonyl (C=O) groups excluding carboxylic acids is 2. The summed E-state index contributed by atoms with van der Waals surface area (Å²) in [5, 5.41) is 0.551. The number of nitrogens with two attached hydrogens (primary N) is 1. The third-order valence-corrected chi connectivity index (χ3v) is 6.00. The molecule has 1 aliphatic rings. The van der Waals surface area contributed by atoms with Crippen LogP contribution in [0.5, 0.6) is 0 Å². The van der Waals surface area contributed by atoms with Crippen molar-refractivity contribution in [2.45, 2.75) is 44.0 Å². The molecule has 1 fully saturated rings. The Balaban J connectivity index is 1.68. The van der Waals surface area contributed by atoms with Gasteiger partial charge in [0.25, 0.3) is 0 Å². The molecule has 2 N–H and O–H groups in total. The molecule has 1 unspecified atom stereocenters. The lowest BCUT2D eigenvalue weighted by atomic mass is 9.96. The third-order valence-electron chi connectivity index (χ3n) is 4.93. The van der Waals surface area contributed by atoms with Crippen LogP contribution in [0.4, 0.5) is 0 Å². The molecule has 1 atom stereocenters. The van der Waals surface area contributed by atoms with Crippen LogP contribution in [-0.4, -0.2) is 44.6 Å². The maximum atomic E-state index is 12.8. The first-order valence-electron chi connectivity index (χ1n) is 9.22. The number of aryl methyl sites for hydroxylation is 2. The van der Waals surface area contributed by atoms with Gasteiger partial charge in [0.05, 0.1) is 5.25 Å². The normalized spacial score (nSPS) is 16.3. The van der Waals surface area contributed by atoms with Gasteiger partial charge in [-0.1, -0.05) is 17.8 Å². The van der Waals surface area contributed by atoms with Crippen molar-refractivity contribution in [3.63, 3.8) is 0 Å². The van der Waals surface area contributed by atoms with Crippen molar-refractivity contribution < 1.29 is 9.59 Å². The SMILES string of the molecule is Cc1cc(C)cc(-n2ccnc2SC(C)C(=O)N2CCC(C(N)=O)CC2)c1. The van der Waals surface area contributed by atoms with E-state index in [1.54, 1.807) is 6.20 Å². The van der Waals surface area contributed by atoms with Crippen LogP contribution in [0, 0.1) is 19.8 Å². The van der Waals surface area contributed by atoms with Crippen LogP contribution >= 0.6 is 11.8 Å². The fourth-order valence-corrected chi connectivity index (χ4v) is 4.48. The molecule has 2 aromatic rings. The molecule has 1 aliphatic heterocycles. The second-order valence-corrected chi connectivity index (χ2v) is 8.50. The summed E-state index contributed by atoms with van der Waals surface area (Å²) in [7, 11) is 0. The van der Waals surface area contributed by atoms with Gasteiger partial charge < -0.3 is 10.6 Å². The molecule has 3 rings (SSSR count). The van der Waals surface area contributed by atoms with Gasteiger partial charge in [0, 0.05) is 37.1 Å². The lowest BCUT2D eigenvalue weighted by Crippen LogP contribution is -2.44. The smallest absolute Gasteiger partial charge is 0.235 e. The van der Waals surface area contributed by atoms with Crippen molar-refractivity contribution in [1.29, 1.82) is 0 Å². The number of carbonyl (C=O) groups is 2. The maximum Gasteiger partial charge on any atom is 0.235 e. The molecule has 1 saturated heterocycles. The highest BCUT2D eigenvalue weighted by molar-refractivity contribution is 8.00. The van der Waals surface area contributed by atoms with E-state index in [1.807, 2.05) is 22.6 Å². The Morgan fingerprint density at radius 1 is 1.19 bits per heavy atom. The molecule has 0 bridgehead atoms. The van der Waals surface area contributed by atoms with Gasteiger partial charge in [-0.3, -0.25) is 14.2 Å². The van der Waals surface area contributed by atoms with E-state index in [4.69, 9.17) is 5.73 Å². The zero-order chi connectivity index (χ0) is 19.6. The minimum atomic E-state index is -0.264. The lowest BCUT2D eigenvalue weighted by molar-refractivity contribution is -0.134. The Labute approximate surface area is 164 Å². The molecule has 1 aromatic heterocycles. The number of rotatable bonds is 5. The average Bonchev–Trinajstić information content (AvgIpc) is 3.08. The highest BCUT2D eigenvalue weighted by Crippen LogP contribution is 2.28. The Bertz CT molecular complexity index is 820. The fourth-order valence-electron chi connectivity index (χ4n) is 3.51. The predicted molar refractivity (Wildman–Crippen MR) is 107 cm³/mol. The Kier molecular flexibility index (Phi) is 5.89. The molecular weight excluding hydrogens is 360 g/mol. The maximum absolute atomic E-state index is 12.8. The summed E-state index contributed by atoms with van der Waals surface area (Å²) < 4.78 is 2.02. The van der Waals surface area contributed by atoms with Gasteiger partial charge in [-0.2, -0.15) is 0 Å². The van der Waals surface area contributed by atoms with Crippen molar-refractivity contribution in [3.05, 3.63) is 41.7 Å². The first-order valence-corrected chi connectivity index (χ1v) is 10.1. The van der Waals surface area contributed by atoms with E-state index in [-0.39, 0.29) is 23.0 Å². The number of likely N-dealkylation sites (tertiary alicyclic amines) is 1. The van der Waals surface area contributed by atoms with Gasteiger partial charge in [0.2, 0.25) is 11.8 Å². The van der Waals surface area contributed by atoms with E-state index in [1.165, 1.54) is 22.9 Å². The van der Waals surface area contributed by atoms with Crippen LogP contribution in [0.15, 0.2) is 35.7 Å². The van der Waals surface area contributed by atoms with Gasteiger partial charge in [-0.05, 0) is 56.9 Å². The number of thioether (sulfide) groups is 1. The van der Waals surface area contributed by atoms with Crippen molar-refractivity contribution in [2.75, 3.05) is 13.1 Å². The number of hydrogen-bond acceptors (Lipinski definition) is 4. The highest BCUT2D eigenvalue weighted by atomic mass is 32.2. The molecule has 6 nitrogen and oxygen atoms in total. The Morgan fingerprint density at radius 3 is 2.41 bits per heavy atom. The molecule has 7 heteroatoms. The zero-order valence-corrected chi connectivity index (χ0v) is 16.8. The van der Waals surface area contributed by atoms with Crippen LogP contribution in [0.2, 0.25) is 0 Å². The predicted octanol–water partition coefficient (Wildman–Crippen LogP) is 2.69. The Morgan fingerprint density at radius 2 is 1.81 bits per heavy atom. The summed E-state index contributed by atoms with van der Waals surface area (Å²) in [6.45, 7) is 7.23. The van der Waals surface area contributed by atoms with E-state index in [2.05, 4.69) is 37.0 Å². The molecule has 2 amide bonds. The van der Waals surface area contributed by atoms with Gasteiger partial charge in [0.15, 0.2) is 5.16 Å². The molecule has 2 heterocycles. The van der Waals surface area contributed by atoms with Crippen LogP contribution in [0.1, 0.15) is 30.9 Å². The van der Waals surface area contributed by atoms with Gasteiger partial charge in [0.1, 0.15) is 0 Å².